The van der Waals surface area contributed by atoms with Crippen LogP contribution in [-0.2, 0) is 14.9 Å². The lowest BCUT2D eigenvalue weighted by atomic mass is 9.92. The molecule has 0 aliphatic carbocycles. The summed E-state index contributed by atoms with van der Waals surface area (Å²) in [6.07, 6.45) is 0.604. The van der Waals surface area contributed by atoms with E-state index >= 15 is 0 Å². The van der Waals surface area contributed by atoms with Crippen molar-refractivity contribution in [1.29, 1.82) is 0 Å². The number of nitrogens with one attached hydrogen (secondary N) is 1. The number of nitrogens with zero attached hydrogens (tertiary/aromatic N) is 5. The van der Waals surface area contributed by atoms with Gasteiger partial charge in [-0.15, -0.1) is 0 Å². The Hall–Kier alpha value is -2.60. The molecule has 4 unspecified atom stereocenters. The number of fused-ring (bicyclic) bond motifs is 1. The van der Waals surface area contributed by atoms with E-state index < -0.39 is 24.5 Å². The molecule has 32 heavy (non-hydrogen) atoms. The normalized spacial score (nSPS) is 27.3. The van der Waals surface area contributed by atoms with Gasteiger partial charge >= 0.3 is 0 Å². The van der Waals surface area contributed by atoms with Crippen LogP contribution in [0, 0.1) is 0 Å². The molecule has 3 aromatic heterocycles. The molecule has 0 amide bonds. The number of hydrogen-bond acceptors (Lipinski definition) is 10. The third-order valence-corrected chi connectivity index (χ3v) is 6.01. The second-order valence-corrected chi connectivity index (χ2v) is 9.37. The molecule has 11 heteroatoms. The molecule has 11 nitrogen and oxygen atoms in total. The zero-order valence-electron chi connectivity index (χ0n) is 18.3. The van der Waals surface area contributed by atoms with E-state index in [2.05, 4.69) is 25.4 Å². The van der Waals surface area contributed by atoms with Gasteiger partial charge in [0, 0.05) is 30.7 Å². The molecule has 2 aliphatic rings. The molecule has 2 fully saturated rings. The zero-order valence-corrected chi connectivity index (χ0v) is 18.3. The SMILES string of the molecule is CC(C)(C)c1cc(C2OC(n3cnc4c(NC5CCOCC5)ncnc43)C(O)C2O)on1. The van der Waals surface area contributed by atoms with Gasteiger partial charge in [-0.3, -0.25) is 4.57 Å². The summed E-state index contributed by atoms with van der Waals surface area (Å²) in [6.45, 7) is 7.46. The molecule has 0 spiro atoms. The minimum Gasteiger partial charge on any atom is -0.387 e. The molecule has 3 N–H and O–H groups in total. The molecule has 3 aromatic rings. The van der Waals surface area contributed by atoms with Gasteiger partial charge in [-0.2, -0.15) is 0 Å². The van der Waals surface area contributed by atoms with Crippen molar-refractivity contribution in [1.82, 2.24) is 24.7 Å². The Balaban J connectivity index is 1.41. The number of aliphatic hydroxyl groups is 2. The fraction of sp³-hybridized carbons (Fsp3) is 0.619. The van der Waals surface area contributed by atoms with E-state index in [9.17, 15) is 10.2 Å². The van der Waals surface area contributed by atoms with Crippen molar-refractivity contribution in [2.75, 3.05) is 18.5 Å². The van der Waals surface area contributed by atoms with Crippen molar-refractivity contribution < 1.29 is 24.2 Å². The molecule has 2 saturated heterocycles. The quantitative estimate of drug-likeness (QED) is 0.544. The van der Waals surface area contributed by atoms with Crippen LogP contribution in [0.3, 0.4) is 0 Å². The summed E-state index contributed by atoms with van der Waals surface area (Å²) in [5.74, 6) is 0.986. The lowest BCUT2D eigenvalue weighted by Gasteiger charge is -2.23. The standard InChI is InChI=1S/C21H28N6O5/c1-21(2,3)13-8-12(32-26-13)17-15(28)16(29)20(31-17)27-10-24-14-18(22-9-23-19(14)27)25-11-4-6-30-7-5-11/h8-11,15-17,20,28-29H,4-7H2,1-3H3,(H,22,23,25). The van der Waals surface area contributed by atoms with Crippen molar-refractivity contribution >= 4 is 17.0 Å². The number of anilines is 1. The predicted octanol–water partition coefficient (Wildman–Crippen LogP) is 1.69. The van der Waals surface area contributed by atoms with Gasteiger partial charge in [0.2, 0.25) is 0 Å². The van der Waals surface area contributed by atoms with Crippen LogP contribution in [-0.4, -0.2) is 66.4 Å². The Kier molecular flexibility index (Phi) is 5.36. The van der Waals surface area contributed by atoms with E-state index in [0.717, 1.165) is 18.5 Å². The fourth-order valence-corrected chi connectivity index (χ4v) is 4.08. The summed E-state index contributed by atoms with van der Waals surface area (Å²) in [5.41, 5.74) is 1.60. The Bertz CT molecular complexity index is 1090. The first-order chi connectivity index (χ1) is 15.3. The van der Waals surface area contributed by atoms with Gasteiger partial charge in [0.25, 0.3) is 0 Å². The molecule has 5 heterocycles. The average Bonchev–Trinajstić information content (AvgIpc) is 3.48. The first kappa shape index (κ1) is 21.3. The maximum Gasteiger partial charge on any atom is 0.168 e. The zero-order chi connectivity index (χ0) is 22.5. The lowest BCUT2D eigenvalue weighted by Crippen LogP contribution is -2.29. The molecule has 172 valence electrons. The molecule has 5 rings (SSSR count). The Morgan fingerprint density at radius 3 is 2.59 bits per heavy atom. The number of aromatic nitrogens is 5. The van der Waals surface area contributed by atoms with Crippen molar-refractivity contribution in [3.05, 3.63) is 30.2 Å². The van der Waals surface area contributed by atoms with E-state index in [1.54, 1.807) is 17.0 Å². The second-order valence-electron chi connectivity index (χ2n) is 9.37. The highest BCUT2D eigenvalue weighted by molar-refractivity contribution is 5.82. The molecular formula is C21H28N6O5. The van der Waals surface area contributed by atoms with Gasteiger partial charge in [-0.1, -0.05) is 25.9 Å². The molecule has 0 bridgehead atoms. The van der Waals surface area contributed by atoms with Gasteiger partial charge in [-0.05, 0) is 12.8 Å². The second kappa shape index (κ2) is 8.07. The van der Waals surface area contributed by atoms with Gasteiger partial charge < -0.3 is 29.5 Å². The summed E-state index contributed by atoms with van der Waals surface area (Å²) in [6, 6.07) is 2.00. The minimum absolute atomic E-state index is 0.214. The molecule has 0 saturated carbocycles. The summed E-state index contributed by atoms with van der Waals surface area (Å²) < 4.78 is 18.5. The van der Waals surface area contributed by atoms with Crippen LogP contribution >= 0.6 is 0 Å². The Morgan fingerprint density at radius 2 is 1.88 bits per heavy atom. The maximum atomic E-state index is 10.8. The van der Waals surface area contributed by atoms with Gasteiger partial charge in [-0.25, -0.2) is 15.0 Å². The summed E-state index contributed by atoms with van der Waals surface area (Å²) >= 11 is 0. The highest BCUT2D eigenvalue weighted by Gasteiger charge is 2.47. The summed E-state index contributed by atoms with van der Waals surface area (Å²) in [4.78, 5) is 13.2. The topological polar surface area (TPSA) is 141 Å². The van der Waals surface area contributed by atoms with Crippen molar-refractivity contribution in [2.45, 2.75) is 69.6 Å². The van der Waals surface area contributed by atoms with Crippen LogP contribution in [0.2, 0.25) is 0 Å². The molecular weight excluding hydrogens is 416 g/mol. The highest BCUT2D eigenvalue weighted by atomic mass is 16.6. The van der Waals surface area contributed by atoms with Crippen LogP contribution < -0.4 is 5.32 Å². The third kappa shape index (κ3) is 3.75. The number of ether oxygens (including phenoxy) is 2. The van der Waals surface area contributed by atoms with E-state index in [-0.39, 0.29) is 11.5 Å². The van der Waals surface area contributed by atoms with E-state index in [1.807, 2.05) is 20.8 Å². The van der Waals surface area contributed by atoms with Crippen molar-refractivity contribution in [3.63, 3.8) is 0 Å². The van der Waals surface area contributed by atoms with Crippen LogP contribution in [0.4, 0.5) is 5.82 Å². The van der Waals surface area contributed by atoms with Crippen LogP contribution in [0.5, 0.6) is 0 Å². The highest BCUT2D eigenvalue weighted by Crippen LogP contribution is 2.41. The number of imidazole rings is 1. The summed E-state index contributed by atoms with van der Waals surface area (Å²) in [7, 11) is 0. The first-order valence-electron chi connectivity index (χ1n) is 10.8. The molecule has 2 aliphatic heterocycles. The Labute approximate surface area is 184 Å². The monoisotopic (exact) mass is 444 g/mol. The molecule has 0 radical (unpaired) electrons. The number of rotatable bonds is 4. The van der Waals surface area contributed by atoms with Gasteiger partial charge in [0.15, 0.2) is 29.0 Å². The largest absolute Gasteiger partial charge is 0.387 e. The van der Waals surface area contributed by atoms with Crippen molar-refractivity contribution in [3.8, 4) is 0 Å². The van der Waals surface area contributed by atoms with Crippen LogP contribution in [0.15, 0.2) is 23.2 Å². The number of aliphatic hydroxyl groups excluding tert-OH is 2. The van der Waals surface area contributed by atoms with Gasteiger partial charge in [0.05, 0.1) is 12.0 Å². The summed E-state index contributed by atoms with van der Waals surface area (Å²) in [5, 5.41) is 28.9. The third-order valence-electron chi connectivity index (χ3n) is 6.01. The van der Waals surface area contributed by atoms with Gasteiger partial charge in [0.1, 0.15) is 24.6 Å². The van der Waals surface area contributed by atoms with E-state index in [4.69, 9.17) is 14.0 Å². The number of hydrogen-bond donors (Lipinski definition) is 3. The van der Waals surface area contributed by atoms with E-state index in [0.29, 0.717) is 36.0 Å². The van der Waals surface area contributed by atoms with Crippen molar-refractivity contribution in [2.24, 2.45) is 0 Å². The van der Waals surface area contributed by atoms with E-state index in [1.165, 1.54) is 6.33 Å². The average molecular weight is 444 g/mol. The molecule has 0 aromatic carbocycles. The predicted molar refractivity (Wildman–Crippen MR) is 113 cm³/mol. The lowest BCUT2D eigenvalue weighted by molar-refractivity contribution is -0.0434. The smallest absolute Gasteiger partial charge is 0.168 e. The molecule has 4 atom stereocenters. The van der Waals surface area contributed by atoms with Crippen LogP contribution in [0.1, 0.15) is 57.4 Å². The fourth-order valence-electron chi connectivity index (χ4n) is 4.08. The maximum absolute atomic E-state index is 10.8. The minimum atomic E-state index is -1.21. The first-order valence-corrected chi connectivity index (χ1v) is 10.8. The van der Waals surface area contributed by atoms with Crippen LogP contribution in [0.25, 0.3) is 11.2 Å². The Morgan fingerprint density at radius 1 is 1.09 bits per heavy atom.